The van der Waals surface area contributed by atoms with Crippen LogP contribution >= 0.6 is 0 Å². The first-order valence-corrected chi connectivity index (χ1v) is 7.32. The first kappa shape index (κ1) is 13.4. The molecular weight excluding hydrogens is 250 g/mol. The second-order valence-electron chi connectivity index (χ2n) is 6.47. The van der Waals surface area contributed by atoms with Crippen LogP contribution in [-0.4, -0.2) is 22.2 Å². The molecular formula is C16H23N3O. The molecule has 0 radical (unpaired) electrons. The zero-order chi connectivity index (χ0) is 14.3. The van der Waals surface area contributed by atoms with Crippen LogP contribution in [0.25, 0.3) is 11.0 Å². The standard InChI is InChI=1S/C16H23N3O/c1-16(2,17)9-8-15-18-13-10-12(20-3)6-7-14(13)19(15)11-4-5-11/h6-7,10-11H,4-5,8-9,17H2,1-3H3. The highest BCUT2D eigenvalue weighted by Gasteiger charge is 2.28. The predicted molar refractivity (Wildman–Crippen MR) is 81.1 cm³/mol. The van der Waals surface area contributed by atoms with Gasteiger partial charge in [-0.05, 0) is 45.2 Å². The molecule has 108 valence electrons. The van der Waals surface area contributed by atoms with E-state index in [1.165, 1.54) is 18.4 Å². The molecule has 3 rings (SSSR count). The van der Waals surface area contributed by atoms with Gasteiger partial charge in [0.1, 0.15) is 11.6 Å². The SMILES string of the molecule is COc1ccc2c(c1)nc(CCC(C)(C)N)n2C1CC1. The van der Waals surface area contributed by atoms with Crippen LogP contribution in [-0.2, 0) is 6.42 Å². The predicted octanol–water partition coefficient (Wildman–Crippen LogP) is 3.05. The zero-order valence-corrected chi connectivity index (χ0v) is 12.5. The first-order chi connectivity index (χ1) is 9.48. The fourth-order valence-corrected chi connectivity index (χ4v) is 2.61. The summed E-state index contributed by atoms with van der Waals surface area (Å²) in [4.78, 5) is 4.81. The molecule has 1 aromatic carbocycles. The van der Waals surface area contributed by atoms with Crippen molar-refractivity contribution >= 4 is 11.0 Å². The van der Waals surface area contributed by atoms with Gasteiger partial charge in [-0.25, -0.2) is 4.98 Å². The van der Waals surface area contributed by atoms with Crippen molar-refractivity contribution in [2.45, 2.75) is 51.1 Å². The van der Waals surface area contributed by atoms with Crippen molar-refractivity contribution in [3.8, 4) is 5.75 Å². The van der Waals surface area contributed by atoms with Crippen LogP contribution in [0, 0.1) is 0 Å². The Labute approximate surface area is 119 Å². The van der Waals surface area contributed by atoms with E-state index in [-0.39, 0.29) is 5.54 Å². The number of aryl methyl sites for hydroxylation is 1. The average molecular weight is 273 g/mol. The van der Waals surface area contributed by atoms with Crippen LogP contribution in [0.2, 0.25) is 0 Å². The maximum absolute atomic E-state index is 6.11. The lowest BCUT2D eigenvalue weighted by atomic mass is 10.00. The van der Waals surface area contributed by atoms with Crippen LogP contribution in [0.15, 0.2) is 18.2 Å². The summed E-state index contributed by atoms with van der Waals surface area (Å²) in [5, 5.41) is 0. The lowest BCUT2D eigenvalue weighted by Crippen LogP contribution is -2.32. The fourth-order valence-electron chi connectivity index (χ4n) is 2.61. The molecule has 0 aliphatic heterocycles. The van der Waals surface area contributed by atoms with Gasteiger partial charge in [-0.1, -0.05) is 0 Å². The quantitative estimate of drug-likeness (QED) is 0.911. The summed E-state index contributed by atoms with van der Waals surface area (Å²) < 4.78 is 7.70. The molecule has 0 atom stereocenters. The Morgan fingerprint density at radius 1 is 1.40 bits per heavy atom. The molecule has 1 aliphatic rings. The Morgan fingerprint density at radius 3 is 2.75 bits per heavy atom. The number of nitrogens with zero attached hydrogens (tertiary/aromatic N) is 2. The van der Waals surface area contributed by atoms with Gasteiger partial charge in [-0.3, -0.25) is 0 Å². The minimum absolute atomic E-state index is 0.149. The van der Waals surface area contributed by atoms with E-state index in [1.807, 2.05) is 12.1 Å². The van der Waals surface area contributed by atoms with E-state index >= 15 is 0 Å². The van der Waals surface area contributed by atoms with Crippen molar-refractivity contribution < 1.29 is 4.74 Å². The van der Waals surface area contributed by atoms with E-state index < -0.39 is 0 Å². The van der Waals surface area contributed by atoms with Crippen LogP contribution in [0.3, 0.4) is 0 Å². The minimum Gasteiger partial charge on any atom is -0.497 e. The van der Waals surface area contributed by atoms with E-state index in [0.717, 1.165) is 29.9 Å². The maximum Gasteiger partial charge on any atom is 0.121 e. The molecule has 1 aromatic heterocycles. The summed E-state index contributed by atoms with van der Waals surface area (Å²) in [6.07, 6.45) is 4.39. The van der Waals surface area contributed by atoms with E-state index in [9.17, 15) is 0 Å². The maximum atomic E-state index is 6.11. The van der Waals surface area contributed by atoms with Gasteiger partial charge >= 0.3 is 0 Å². The first-order valence-electron chi connectivity index (χ1n) is 7.32. The average Bonchev–Trinajstić information content (AvgIpc) is 3.15. The monoisotopic (exact) mass is 273 g/mol. The van der Waals surface area contributed by atoms with Gasteiger partial charge in [-0.15, -0.1) is 0 Å². The number of imidazole rings is 1. The van der Waals surface area contributed by atoms with Crippen molar-refractivity contribution in [3.63, 3.8) is 0 Å². The van der Waals surface area contributed by atoms with Crippen molar-refractivity contribution in [1.29, 1.82) is 0 Å². The highest BCUT2D eigenvalue weighted by atomic mass is 16.5. The summed E-state index contributed by atoms with van der Waals surface area (Å²) in [6.45, 7) is 4.14. The zero-order valence-electron chi connectivity index (χ0n) is 12.5. The second kappa shape index (κ2) is 4.77. The number of aromatic nitrogens is 2. The Hall–Kier alpha value is -1.55. The van der Waals surface area contributed by atoms with Crippen molar-refractivity contribution in [3.05, 3.63) is 24.0 Å². The lowest BCUT2D eigenvalue weighted by Gasteiger charge is -2.18. The third-order valence-corrected chi connectivity index (χ3v) is 3.87. The molecule has 0 unspecified atom stereocenters. The van der Waals surface area contributed by atoms with Gasteiger partial charge in [0.2, 0.25) is 0 Å². The molecule has 0 bridgehead atoms. The molecule has 20 heavy (non-hydrogen) atoms. The molecule has 4 nitrogen and oxygen atoms in total. The number of benzene rings is 1. The van der Waals surface area contributed by atoms with Crippen molar-refractivity contribution in [2.75, 3.05) is 7.11 Å². The van der Waals surface area contributed by atoms with Crippen molar-refractivity contribution in [1.82, 2.24) is 9.55 Å². The summed E-state index contributed by atoms with van der Waals surface area (Å²) in [7, 11) is 1.69. The Bertz CT molecular complexity index is 620. The number of fused-ring (bicyclic) bond motifs is 1. The summed E-state index contributed by atoms with van der Waals surface area (Å²) in [5.74, 6) is 2.03. The Balaban J connectivity index is 1.99. The highest BCUT2D eigenvalue weighted by molar-refractivity contribution is 5.78. The summed E-state index contributed by atoms with van der Waals surface area (Å²) >= 11 is 0. The molecule has 1 fully saturated rings. The largest absolute Gasteiger partial charge is 0.497 e. The van der Waals surface area contributed by atoms with Gasteiger partial charge in [0.15, 0.2) is 0 Å². The molecule has 1 saturated carbocycles. The topological polar surface area (TPSA) is 53.1 Å². The van der Waals surface area contributed by atoms with Crippen LogP contribution < -0.4 is 10.5 Å². The minimum atomic E-state index is -0.149. The highest BCUT2D eigenvalue weighted by Crippen LogP contribution is 2.39. The van der Waals surface area contributed by atoms with Crippen LogP contribution in [0.1, 0.15) is 45.0 Å². The third kappa shape index (κ3) is 2.66. The van der Waals surface area contributed by atoms with E-state index in [0.29, 0.717) is 6.04 Å². The molecule has 2 N–H and O–H groups in total. The normalized spacial score (nSPS) is 15.8. The van der Waals surface area contributed by atoms with Gasteiger partial charge in [-0.2, -0.15) is 0 Å². The number of hydrogen-bond acceptors (Lipinski definition) is 3. The van der Waals surface area contributed by atoms with E-state index in [2.05, 4.69) is 24.5 Å². The van der Waals surface area contributed by atoms with Gasteiger partial charge in [0, 0.05) is 24.1 Å². The Kier molecular flexibility index (Phi) is 3.21. The molecule has 2 aromatic rings. The lowest BCUT2D eigenvalue weighted by molar-refractivity contribution is 0.415. The van der Waals surface area contributed by atoms with E-state index in [4.69, 9.17) is 15.5 Å². The fraction of sp³-hybridized carbons (Fsp3) is 0.562. The number of ether oxygens (including phenoxy) is 1. The molecule has 0 spiro atoms. The summed E-state index contributed by atoms with van der Waals surface area (Å²) in [5.41, 5.74) is 8.21. The molecule has 0 amide bonds. The Morgan fingerprint density at radius 2 is 2.15 bits per heavy atom. The second-order valence-corrected chi connectivity index (χ2v) is 6.47. The van der Waals surface area contributed by atoms with Crippen LogP contribution in [0.4, 0.5) is 0 Å². The molecule has 0 saturated heterocycles. The van der Waals surface area contributed by atoms with E-state index in [1.54, 1.807) is 7.11 Å². The number of methoxy groups -OCH3 is 1. The van der Waals surface area contributed by atoms with Crippen molar-refractivity contribution in [2.24, 2.45) is 5.73 Å². The smallest absolute Gasteiger partial charge is 0.121 e. The molecule has 4 heteroatoms. The van der Waals surface area contributed by atoms with Gasteiger partial charge < -0.3 is 15.0 Å². The molecule has 1 aliphatic carbocycles. The number of hydrogen-bond donors (Lipinski definition) is 1. The summed E-state index contributed by atoms with van der Waals surface area (Å²) in [6, 6.07) is 6.78. The van der Waals surface area contributed by atoms with Crippen LogP contribution in [0.5, 0.6) is 5.75 Å². The third-order valence-electron chi connectivity index (χ3n) is 3.87. The molecule has 1 heterocycles. The number of rotatable bonds is 5. The van der Waals surface area contributed by atoms with Gasteiger partial charge in [0.25, 0.3) is 0 Å². The number of nitrogens with two attached hydrogens (primary N) is 1. The van der Waals surface area contributed by atoms with Gasteiger partial charge in [0.05, 0.1) is 18.1 Å².